The Morgan fingerprint density at radius 3 is 2.55 bits per heavy atom. The summed E-state index contributed by atoms with van der Waals surface area (Å²) < 4.78 is 0. The number of benzene rings is 2. The smallest absolute Gasteiger partial charge is 0.335 e. The molecule has 0 aliphatic carbocycles. The molecule has 2 N–H and O–H groups in total. The number of aromatic carboxylic acids is 1. The lowest BCUT2D eigenvalue weighted by Gasteiger charge is -2.14. The lowest BCUT2D eigenvalue weighted by molar-refractivity contribution is 0.0697. The van der Waals surface area contributed by atoms with Crippen molar-refractivity contribution in [1.29, 1.82) is 0 Å². The number of hydrogen-bond donors (Lipinski definition) is 2. The van der Waals surface area contributed by atoms with Gasteiger partial charge in [-0.15, -0.1) is 0 Å². The molecule has 0 radical (unpaired) electrons. The highest BCUT2D eigenvalue weighted by molar-refractivity contribution is 6.30. The van der Waals surface area contributed by atoms with Crippen LogP contribution in [0.25, 0.3) is 0 Å². The van der Waals surface area contributed by atoms with E-state index in [1.165, 1.54) is 0 Å². The molecule has 2 aromatic carbocycles. The Labute approximate surface area is 123 Å². The summed E-state index contributed by atoms with van der Waals surface area (Å²) >= 11 is 5.97. The maximum Gasteiger partial charge on any atom is 0.335 e. The summed E-state index contributed by atoms with van der Waals surface area (Å²) in [5.41, 5.74) is 2.47. The second-order valence-electron chi connectivity index (χ2n) is 4.66. The zero-order valence-corrected chi connectivity index (χ0v) is 11.9. The van der Waals surface area contributed by atoms with Gasteiger partial charge in [-0.25, -0.2) is 4.79 Å². The zero-order valence-electron chi connectivity index (χ0n) is 11.1. The van der Waals surface area contributed by atoms with Crippen LogP contribution in [0.3, 0.4) is 0 Å². The van der Waals surface area contributed by atoms with Gasteiger partial charge < -0.3 is 10.4 Å². The molecule has 0 heterocycles. The van der Waals surface area contributed by atoms with Crippen LogP contribution < -0.4 is 5.32 Å². The highest BCUT2D eigenvalue weighted by Gasteiger charge is 2.06. The lowest BCUT2D eigenvalue weighted by atomic mass is 10.1. The van der Waals surface area contributed by atoms with E-state index < -0.39 is 5.97 Å². The van der Waals surface area contributed by atoms with Crippen molar-refractivity contribution in [3.8, 4) is 0 Å². The van der Waals surface area contributed by atoms with Gasteiger partial charge in [-0.3, -0.25) is 0 Å². The molecule has 0 aromatic heterocycles. The molecule has 4 heteroatoms. The average molecular weight is 290 g/mol. The van der Waals surface area contributed by atoms with Crippen LogP contribution >= 0.6 is 11.6 Å². The van der Waals surface area contributed by atoms with Crippen LogP contribution in [0.5, 0.6) is 0 Å². The van der Waals surface area contributed by atoms with E-state index in [0.29, 0.717) is 12.1 Å². The van der Waals surface area contributed by atoms with Crippen molar-refractivity contribution >= 4 is 17.6 Å². The first-order valence-corrected chi connectivity index (χ1v) is 6.75. The summed E-state index contributed by atoms with van der Waals surface area (Å²) in [6.07, 6.45) is 0. The third-order valence-corrected chi connectivity index (χ3v) is 3.40. The maximum absolute atomic E-state index is 10.8. The minimum atomic E-state index is -0.906. The summed E-state index contributed by atoms with van der Waals surface area (Å²) in [6, 6.07) is 14.8. The normalized spacial score (nSPS) is 12.1. The van der Waals surface area contributed by atoms with E-state index in [1.807, 2.05) is 36.4 Å². The van der Waals surface area contributed by atoms with Crippen molar-refractivity contribution in [2.45, 2.75) is 19.5 Å². The van der Waals surface area contributed by atoms with E-state index in [4.69, 9.17) is 16.7 Å². The molecule has 0 fully saturated rings. The van der Waals surface area contributed by atoms with Crippen molar-refractivity contribution in [3.05, 3.63) is 70.2 Å². The van der Waals surface area contributed by atoms with E-state index in [9.17, 15) is 4.79 Å². The number of carbonyl (C=O) groups is 1. The molecule has 0 aliphatic rings. The van der Waals surface area contributed by atoms with Gasteiger partial charge >= 0.3 is 5.97 Å². The second-order valence-corrected chi connectivity index (χ2v) is 5.10. The molecule has 0 saturated heterocycles. The quantitative estimate of drug-likeness (QED) is 0.878. The Bertz CT molecular complexity index is 596. The van der Waals surface area contributed by atoms with Gasteiger partial charge in [0.15, 0.2) is 0 Å². The van der Waals surface area contributed by atoms with Gasteiger partial charge in [0.2, 0.25) is 0 Å². The van der Waals surface area contributed by atoms with E-state index in [1.54, 1.807) is 12.1 Å². The highest BCUT2D eigenvalue weighted by Crippen LogP contribution is 2.17. The van der Waals surface area contributed by atoms with Crippen LogP contribution in [0.2, 0.25) is 5.02 Å². The summed E-state index contributed by atoms with van der Waals surface area (Å²) in [5, 5.41) is 12.9. The summed E-state index contributed by atoms with van der Waals surface area (Å²) in [7, 11) is 0. The van der Waals surface area contributed by atoms with E-state index >= 15 is 0 Å². The predicted molar refractivity (Wildman–Crippen MR) is 80.1 cm³/mol. The number of nitrogens with one attached hydrogen (secondary N) is 1. The summed E-state index contributed by atoms with van der Waals surface area (Å²) in [6.45, 7) is 2.74. The fourth-order valence-electron chi connectivity index (χ4n) is 1.93. The van der Waals surface area contributed by atoms with Crippen LogP contribution in [0, 0.1) is 0 Å². The van der Waals surface area contributed by atoms with Gasteiger partial charge in [0.25, 0.3) is 0 Å². The topological polar surface area (TPSA) is 49.3 Å². The fourth-order valence-corrected chi connectivity index (χ4v) is 2.13. The molecule has 0 saturated carbocycles. The van der Waals surface area contributed by atoms with Crippen molar-refractivity contribution in [2.24, 2.45) is 0 Å². The molecular formula is C16H16ClNO2. The Hall–Kier alpha value is -1.84. The molecule has 0 aliphatic heterocycles. The van der Waals surface area contributed by atoms with Gasteiger partial charge in [-0.2, -0.15) is 0 Å². The van der Waals surface area contributed by atoms with Crippen LogP contribution in [-0.4, -0.2) is 11.1 Å². The number of carboxylic acids is 1. The van der Waals surface area contributed by atoms with E-state index in [2.05, 4.69) is 12.2 Å². The SMILES string of the molecule is C[C@H](NCc1ccc(C(=O)O)cc1)c1cccc(Cl)c1. The molecule has 3 nitrogen and oxygen atoms in total. The molecule has 104 valence electrons. The van der Waals surface area contributed by atoms with Gasteiger partial charge in [-0.1, -0.05) is 35.9 Å². The first kappa shape index (κ1) is 14.6. The summed E-state index contributed by atoms with van der Waals surface area (Å²) in [4.78, 5) is 10.8. The number of hydrogen-bond acceptors (Lipinski definition) is 2. The standard InChI is InChI=1S/C16H16ClNO2/c1-11(14-3-2-4-15(17)9-14)18-10-12-5-7-13(8-6-12)16(19)20/h2-9,11,18H,10H2,1H3,(H,19,20)/t11-/m0/s1. The van der Waals surface area contributed by atoms with Crippen molar-refractivity contribution in [1.82, 2.24) is 5.32 Å². The van der Waals surface area contributed by atoms with Crippen molar-refractivity contribution in [2.75, 3.05) is 0 Å². The summed E-state index contributed by atoms with van der Waals surface area (Å²) in [5.74, 6) is -0.906. The van der Waals surface area contributed by atoms with Gasteiger partial charge in [0.1, 0.15) is 0 Å². The first-order valence-electron chi connectivity index (χ1n) is 6.37. The van der Waals surface area contributed by atoms with Gasteiger partial charge in [-0.05, 0) is 42.3 Å². The number of halogens is 1. The molecule has 2 rings (SSSR count). The Kier molecular flexibility index (Phi) is 4.77. The molecule has 0 bridgehead atoms. The third kappa shape index (κ3) is 3.83. The molecular weight excluding hydrogens is 274 g/mol. The molecule has 2 aromatic rings. The molecule has 0 amide bonds. The van der Waals surface area contributed by atoms with Gasteiger partial charge in [0.05, 0.1) is 5.56 Å². The predicted octanol–water partition coefficient (Wildman–Crippen LogP) is 3.89. The Morgan fingerprint density at radius 2 is 1.95 bits per heavy atom. The van der Waals surface area contributed by atoms with Crippen LogP contribution in [-0.2, 0) is 6.54 Å². The monoisotopic (exact) mass is 289 g/mol. The zero-order chi connectivity index (χ0) is 14.5. The Balaban J connectivity index is 1.96. The Morgan fingerprint density at radius 1 is 1.25 bits per heavy atom. The first-order chi connectivity index (χ1) is 9.56. The average Bonchev–Trinajstić information content (AvgIpc) is 2.45. The minimum Gasteiger partial charge on any atom is -0.478 e. The molecule has 0 unspecified atom stereocenters. The van der Waals surface area contributed by atoms with Crippen molar-refractivity contribution in [3.63, 3.8) is 0 Å². The van der Waals surface area contributed by atoms with Gasteiger partial charge in [0, 0.05) is 17.6 Å². The van der Waals surface area contributed by atoms with E-state index in [-0.39, 0.29) is 6.04 Å². The fraction of sp³-hybridized carbons (Fsp3) is 0.188. The third-order valence-electron chi connectivity index (χ3n) is 3.16. The molecule has 1 atom stereocenters. The van der Waals surface area contributed by atoms with Crippen molar-refractivity contribution < 1.29 is 9.90 Å². The molecule has 20 heavy (non-hydrogen) atoms. The minimum absolute atomic E-state index is 0.174. The molecule has 0 spiro atoms. The van der Waals surface area contributed by atoms with Crippen LogP contribution in [0.15, 0.2) is 48.5 Å². The van der Waals surface area contributed by atoms with Crippen LogP contribution in [0.1, 0.15) is 34.5 Å². The maximum atomic E-state index is 10.8. The lowest BCUT2D eigenvalue weighted by Crippen LogP contribution is -2.18. The number of carboxylic acid groups (broad SMARTS) is 1. The van der Waals surface area contributed by atoms with Crippen LogP contribution in [0.4, 0.5) is 0 Å². The number of rotatable bonds is 5. The highest BCUT2D eigenvalue weighted by atomic mass is 35.5. The largest absolute Gasteiger partial charge is 0.478 e. The second kappa shape index (κ2) is 6.55. The van der Waals surface area contributed by atoms with E-state index in [0.717, 1.165) is 16.1 Å².